The molecule has 10 heteroatoms. The summed E-state index contributed by atoms with van der Waals surface area (Å²) in [7, 11) is -7.42. The first-order valence-corrected chi connectivity index (χ1v) is 15.7. The monoisotopic (exact) mass is 577 g/mol. The molecule has 1 N–H and O–H groups in total. The largest absolute Gasteiger partial charge is 0.322 e. The van der Waals surface area contributed by atoms with Crippen LogP contribution in [0.3, 0.4) is 0 Å². The van der Waals surface area contributed by atoms with Gasteiger partial charge in [0.05, 0.1) is 22.0 Å². The van der Waals surface area contributed by atoms with Crippen LogP contribution in [-0.4, -0.2) is 40.1 Å². The molecule has 0 aliphatic heterocycles. The standard InChI is InChI=1S/C30H31N3O5S2/c1-3-32(4-2)39(35,36)29-21-19-26(20-22-29)31-30(34)25-17-15-24(16-18-25)23-33(27-11-7-5-8-12-27)40(37,38)28-13-9-6-10-14-28/h5-22H,3-4,23H2,1-2H3,(H,31,34). The van der Waals surface area contributed by atoms with Gasteiger partial charge < -0.3 is 5.32 Å². The van der Waals surface area contributed by atoms with Crippen LogP contribution in [0.1, 0.15) is 29.8 Å². The molecule has 208 valence electrons. The average molecular weight is 578 g/mol. The number of rotatable bonds is 11. The second-order valence-corrected chi connectivity index (χ2v) is 12.7. The van der Waals surface area contributed by atoms with E-state index in [0.29, 0.717) is 35.6 Å². The van der Waals surface area contributed by atoms with Gasteiger partial charge in [-0.1, -0.05) is 62.4 Å². The number of anilines is 2. The summed E-state index contributed by atoms with van der Waals surface area (Å²) in [4.78, 5) is 13.2. The molecule has 0 spiro atoms. The lowest BCUT2D eigenvalue weighted by Gasteiger charge is -2.25. The Morgan fingerprint density at radius 2 is 1.18 bits per heavy atom. The Hall–Kier alpha value is -3.99. The lowest BCUT2D eigenvalue weighted by atomic mass is 10.1. The first kappa shape index (κ1) is 29.0. The van der Waals surface area contributed by atoms with Gasteiger partial charge in [0.2, 0.25) is 10.0 Å². The first-order chi connectivity index (χ1) is 19.2. The Morgan fingerprint density at radius 1 is 0.650 bits per heavy atom. The molecule has 4 aromatic carbocycles. The van der Waals surface area contributed by atoms with E-state index in [2.05, 4.69) is 5.32 Å². The lowest BCUT2D eigenvalue weighted by Crippen LogP contribution is -2.30. The third-order valence-corrected chi connectivity index (χ3v) is 10.2. The molecular formula is C30H31N3O5S2. The molecule has 40 heavy (non-hydrogen) atoms. The number of sulfonamides is 2. The van der Waals surface area contributed by atoms with Crippen LogP contribution in [0.2, 0.25) is 0 Å². The molecule has 8 nitrogen and oxygen atoms in total. The summed E-state index contributed by atoms with van der Waals surface area (Å²) >= 11 is 0. The zero-order valence-electron chi connectivity index (χ0n) is 22.3. The Morgan fingerprint density at radius 3 is 1.73 bits per heavy atom. The minimum atomic E-state index is -3.83. The zero-order chi connectivity index (χ0) is 28.8. The molecular weight excluding hydrogens is 546 g/mol. The summed E-state index contributed by atoms with van der Waals surface area (Å²) in [5, 5.41) is 2.77. The van der Waals surface area contributed by atoms with E-state index in [9.17, 15) is 21.6 Å². The smallest absolute Gasteiger partial charge is 0.264 e. The highest BCUT2D eigenvalue weighted by atomic mass is 32.2. The maximum absolute atomic E-state index is 13.5. The van der Waals surface area contributed by atoms with Crippen LogP contribution >= 0.6 is 0 Å². The number of carbonyl (C=O) groups is 1. The number of amides is 1. The van der Waals surface area contributed by atoms with Gasteiger partial charge in [-0.05, 0) is 66.2 Å². The van der Waals surface area contributed by atoms with Crippen LogP contribution in [-0.2, 0) is 26.6 Å². The second-order valence-electron chi connectivity index (χ2n) is 8.93. The topological polar surface area (TPSA) is 104 Å². The van der Waals surface area contributed by atoms with E-state index >= 15 is 0 Å². The maximum atomic E-state index is 13.5. The summed E-state index contributed by atoms with van der Waals surface area (Å²) in [6.07, 6.45) is 0. The molecule has 0 aromatic heterocycles. The SMILES string of the molecule is CCN(CC)S(=O)(=O)c1ccc(NC(=O)c2ccc(CN(c3ccccc3)S(=O)(=O)c3ccccc3)cc2)cc1. The van der Waals surface area contributed by atoms with Gasteiger partial charge in [0.1, 0.15) is 0 Å². The molecule has 0 radical (unpaired) electrons. The molecule has 0 unspecified atom stereocenters. The van der Waals surface area contributed by atoms with Crippen molar-refractivity contribution < 1.29 is 21.6 Å². The van der Waals surface area contributed by atoms with Crippen molar-refractivity contribution in [3.63, 3.8) is 0 Å². The second kappa shape index (κ2) is 12.5. The number of para-hydroxylation sites is 1. The highest BCUT2D eigenvalue weighted by Crippen LogP contribution is 2.26. The number of nitrogens with one attached hydrogen (secondary N) is 1. The summed E-state index contributed by atoms with van der Waals surface area (Å²) < 4.78 is 55.1. The van der Waals surface area contributed by atoms with E-state index in [1.165, 1.54) is 20.7 Å². The fourth-order valence-corrected chi connectivity index (χ4v) is 7.11. The van der Waals surface area contributed by atoms with E-state index in [0.717, 1.165) is 0 Å². The van der Waals surface area contributed by atoms with E-state index < -0.39 is 20.0 Å². The number of benzene rings is 4. The third-order valence-electron chi connectivity index (χ3n) is 6.37. The molecule has 4 rings (SSSR count). The molecule has 0 saturated heterocycles. The van der Waals surface area contributed by atoms with Crippen molar-refractivity contribution in [2.75, 3.05) is 22.7 Å². The minimum absolute atomic E-state index is 0.0750. The predicted octanol–water partition coefficient (Wildman–Crippen LogP) is 5.36. The zero-order valence-corrected chi connectivity index (χ0v) is 23.9. The van der Waals surface area contributed by atoms with Crippen molar-refractivity contribution in [1.82, 2.24) is 4.31 Å². The summed E-state index contributed by atoms with van der Waals surface area (Å²) in [6, 6.07) is 29.8. The molecule has 4 aromatic rings. The lowest BCUT2D eigenvalue weighted by molar-refractivity contribution is 0.102. The molecule has 0 heterocycles. The van der Waals surface area contributed by atoms with Crippen molar-refractivity contribution in [1.29, 1.82) is 0 Å². The van der Waals surface area contributed by atoms with Gasteiger partial charge in [0, 0.05) is 24.3 Å². The average Bonchev–Trinajstić information content (AvgIpc) is 2.98. The number of hydrogen-bond donors (Lipinski definition) is 1. The highest BCUT2D eigenvalue weighted by molar-refractivity contribution is 7.92. The Labute approximate surface area is 236 Å². The van der Waals surface area contributed by atoms with Crippen LogP contribution in [0.25, 0.3) is 0 Å². The molecule has 0 aliphatic carbocycles. The highest BCUT2D eigenvalue weighted by Gasteiger charge is 2.25. The van der Waals surface area contributed by atoms with Gasteiger partial charge >= 0.3 is 0 Å². The van der Waals surface area contributed by atoms with Crippen molar-refractivity contribution in [3.05, 3.63) is 120 Å². The molecule has 0 saturated carbocycles. The van der Waals surface area contributed by atoms with Crippen LogP contribution in [0.4, 0.5) is 11.4 Å². The fraction of sp³-hybridized carbons (Fsp3) is 0.167. The summed E-state index contributed by atoms with van der Waals surface area (Å²) in [6.45, 7) is 4.37. The third kappa shape index (κ3) is 6.41. The van der Waals surface area contributed by atoms with E-state index in [1.54, 1.807) is 105 Å². The molecule has 0 fully saturated rings. The molecule has 0 bridgehead atoms. The Balaban J connectivity index is 1.50. The van der Waals surface area contributed by atoms with Crippen LogP contribution in [0.15, 0.2) is 119 Å². The predicted molar refractivity (Wildman–Crippen MR) is 157 cm³/mol. The maximum Gasteiger partial charge on any atom is 0.264 e. The molecule has 0 aliphatic rings. The van der Waals surface area contributed by atoms with Gasteiger partial charge in [-0.25, -0.2) is 16.8 Å². The van der Waals surface area contributed by atoms with Gasteiger partial charge in [0.15, 0.2) is 0 Å². The normalized spacial score (nSPS) is 11.8. The first-order valence-electron chi connectivity index (χ1n) is 12.8. The van der Waals surface area contributed by atoms with Crippen LogP contribution in [0.5, 0.6) is 0 Å². The van der Waals surface area contributed by atoms with Crippen molar-refractivity contribution in [2.24, 2.45) is 0 Å². The van der Waals surface area contributed by atoms with Gasteiger partial charge in [0.25, 0.3) is 15.9 Å². The van der Waals surface area contributed by atoms with Crippen molar-refractivity contribution in [2.45, 2.75) is 30.2 Å². The van der Waals surface area contributed by atoms with E-state index in [-0.39, 0.29) is 22.2 Å². The van der Waals surface area contributed by atoms with E-state index in [1.807, 2.05) is 6.07 Å². The molecule has 0 atom stereocenters. The summed E-state index contributed by atoms with van der Waals surface area (Å²) in [5.41, 5.74) is 2.06. The number of nitrogens with zero attached hydrogens (tertiary/aromatic N) is 2. The Kier molecular flexibility index (Phi) is 9.03. The number of hydrogen-bond acceptors (Lipinski definition) is 5. The minimum Gasteiger partial charge on any atom is -0.322 e. The van der Waals surface area contributed by atoms with Gasteiger partial charge in [-0.15, -0.1) is 0 Å². The Bertz CT molecular complexity index is 1640. The summed E-state index contributed by atoms with van der Waals surface area (Å²) in [5.74, 6) is -0.372. The van der Waals surface area contributed by atoms with Gasteiger partial charge in [-0.2, -0.15) is 4.31 Å². The van der Waals surface area contributed by atoms with E-state index in [4.69, 9.17) is 0 Å². The van der Waals surface area contributed by atoms with Crippen molar-refractivity contribution in [3.8, 4) is 0 Å². The number of carbonyl (C=O) groups excluding carboxylic acids is 1. The quantitative estimate of drug-likeness (QED) is 0.258. The van der Waals surface area contributed by atoms with Crippen molar-refractivity contribution >= 4 is 37.3 Å². The van der Waals surface area contributed by atoms with Crippen LogP contribution in [0, 0.1) is 0 Å². The van der Waals surface area contributed by atoms with Gasteiger partial charge in [-0.3, -0.25) is 9.10 Å². The fourth-order valence-electron chi connectivity index (χ4n) is 4.18. The van der Waals surface area contributed by atoms with Crippen LogP contribution < -0.4 is 9.62 Å². The molecule has 1 amide bonds.